The first-order valence-electron chi connectivity index (χ1n) is 6.06. The molecule has 0 aromatic rings. The Labute approximate surface area is 84.1 Å². The summed E-state index contributed by atoms with van der Waals surface area (Å²) in [6.07, 6.45) is 16.5. The minimum absolute atomic E-state index is 0.979. The van der Waals surface area contributed by atoms with Crippen LogP contribution in [0, 0.1) is 19.3 Å². The van der Waals surface area contributed by atoms with Gasteiger partial charge in [0.1, 0.15) is 0 Å². The zero-order valence-corrected chi connectivity index (χ0v) is 8.93. The van der Waals surface area contributed by atoms with Crippen molar-refractivity contribution >= 4 is 0 Å². The van der Waals surface area contributed by atoms with Crippen molar-refractivity contribution in [1.29, 1.82) is 0 Å². The van der Waals surface area contributed by atoms with Crippen LogP contribution in [0.5, 0.6) is 0 Å². The Kier molecular flexibility index (Phi) is 6.31. The lowest BCUT2D eigenvalue weighted by Gasteiger charge is -2.07. The van der Waals surface area contributed by atoms with Crippen LogP contribution in [0.15, 0.2) is 0 Å². The Balaban J connectivity index is 1.78. The van der Waals surface area contributed by atoms with Gasteiger partial charge in [-0.15, -0.1) is 0 Å². The van der Waals surface area contributed by atoms with E-state index in [-0.39, 0.29) is 0 Å². The highest BCUT2D eigenvalue weighted by molar-refractivity contribution is 4.82. The third-order valence-corrected chi connectivity index (χ3v) is 3.10. The molecule has 1 atom stereocenters. The minimum Gasteiger partial charge on any atom is -0.0533 e. The van der Waals surface area contributed by atoms with Crippen LogP contribution in [0.4, 0.5) is 0 Å². The third-order valence-electron chi connectivity index (χ3n) is 3.10. The molecule has 13 heavy (non-hydrogen) atoms. The lowest BCUT2D eigenvalue weighted by molar-refractivity contribution is 0.507. The molecule has 0 N–H and O–H groups in total. The molecule has 0 amide bonds. The summed E-state index contributed by atoms with van der Waals surface area (Å²) in [4.78, 5) is 0. The molecular weight excluding hydrogens is 156 g/mol. The second kappa shape index (κ2) is 7.41. The Morgan fingerprint density at radius 1 is 1.08 bits per heavy atom. The summed E-state index contributed by atoms with van der Waals surface area (Å²) in [6.45, 7) is 3.86. The van der Waals surface area contributed by atoms with E-state index in [0.29, 0.717) is 0 Å². The first-order valence-corrected chi connectivity index (χ1v) is 6.06. The SMILES string of the molecule is [CH2]CCCCCCCC1[CH]CCC1. The molecular formula is C13H24. The fraction of sp³-hybridized carbons (Fsp3) is 0.846. The van der Waals surface area contributed by atoms with Crippen LogP contribution in [0.25, 0.3) is 0 Å². The molecule has 1 unspecified atom stereocenters. The smallest absolute Gasteiger partial charge is 0.0355 e. The van der Waals surface area contributed by atoms with Crippen molar-refractivity contribution < 1.29 is 0 Å². The van der Waals surface area contributed by atoms with E-state index in [0.717, 1.165) is 12.3 Å². The molecule has 1 aliphatic carbocycles. The highest BCUT2D eigenvalue weighted by Crippen LogP contribution is 2.28. The van der Waals surface area contributed by atoms with Gasteiger partial charge in [-0.2, -0.15) is 0 Å². The highest BCUT2D eigenvalue weighted by Gasteiger charge is 2.13. The summed E-state index contributed by atoms with van der Waals surface area (Å²) in [6, 6.07) is 0. The van der Waals surface area contributed by atoms with Crippen LogP contribution in [0.2, 0.25) is 0 Å². The van der Waals surface area contributed by atoms with Gasteiger partial charge >= 0.3 is 0 Å². The lowest BCUT2D eigenvalue weighted by atomic mass is 9.99. The van der Waals surface area contributed by atoms with Gasteiger partial charge in [-0.25, -0.2) is 0 Å². The van der Waals surface area contributed by atoms with Crippen LogP contribution in [-0.2, 0) is 0 Å². The number of hydrogen-bond acceptors (Lipinski definition) is 0. The van der Waals surface area contributed by atoms with E-state index >= 15 is 0 Å². The average Bonchev–Trinajstić information content (AvgIpc) is 2.63. The van der Waals surface area contributed by atoms with Crippen LogP contribution >= 0.6 is 0 Å². The topological polar surface area (TPSA) is 0 Å². The Morgan fingerprint density at radius 2 is 1.85 bits per heavy atom. The second-order valence-corrected chi connectivity index (χ2v) is 4.34. The zero-order chi connectivity index (χ0) is 9.36. The van der Waals surface area contributed by atoms with Gasteiger partial charge < -0.3 is 0 Å². The Morgan fingerprint density at radius 3 is 2.54 bits per heavy atom. The number of unbranched alkanes of at least 4 members (excludes halogenated alkanes) is 5. The molecule has 0 aliphatic heterocycles. The lowest BCUT2D eigenvalue weighted by Crippen LogP contribution is -1.93. The van der Waals surface area contributed by atoms with Gasteiger partial charge in [0.05, 0.1) is 0 Å². The van der Waals surface area contributed by atoms with Crippen LogP contribution in [-0.4, -0.2) is 0 Å². The summed E-state index contributed by atoms with van der Waals surface area (Å²) in [5.41, 5.74) is 0. The van der Waals surface area contributed by atoms with Crippen molar-refractivity contribution in [1.82, 2.24) is 0 Å². The van der Waals surface area contributed by atoms with Gasteiger partial charge in [-0.3, -0.25) is 0 Å². The molecule has 1 saturated carbocycles. The van der Waals surface area contributed by atoms with Gasteiger partial charge in [0.25, 0.3) is 0 Å². The van der Waals surface area contributed by atoms with Crippen molar-refractivity contribution in [2.45, 2.75) is 64.2 Å². The van der Waals surface area contributed by atoms with Gasteiger partial charge in [0, 0.05) is 0 Å². The monoisotopic (exact) mass is 180 g/mol. The van der Waals surface area contributed by atoms with Gasteiger partial charge in [-0.05, 0) is 18.8 Å². The van der Waals surface area contributed by atoms with Crippen molar-refractivity contribution in [2.24, 2.45) is 5.92 Å². The predicted octanol–water partition coefficient (Wildman–Crippen LogP) is 4.56. The summed E-state index contributed by atoms with van der Waals surface area (Å²) in [5.74, 6) is 0.979. The van der Waals surface area contributed by atoms with Crippen molar-refractivity contribution in [3.8, 4) is 0 Å². The van der Waals surface area contributed by atoms with E-state index in [1.165, 1.54) is 57.8 Å². The van der Waals surface area contributed by atoms with Gasteiger partial charge in [-0.1, -0.05) is 64.7 Å². The van der Waals surface area contributed by atoms with E-state index in [1.807, 2.05) is 0 Å². The quantitative estimate of drug-likeness (QED) is 0.504. The molecule has 0 heterocycles. The normalized spacial score (nSPS) is 18.2. The van der Waals surface area contributed by atoms with Crippen molar-refractivity contribution in [3.05, 3.63) is 13.3 Å². The maximum atomic E-state index is 3.86. The highest BCUT2D eigenvalue weighted by atomic mass is 14.2. The maximum Gasteiger partial charge on any atom is -0.0355 e. The summed E-state index contributed by atoms with van der Waals surface area (Å²) in [7, 11) is 0. The first kappa shape index (κ1) is 11.1. The minimum atomic E-state index is 0.979. The van der Waals surface area contributed by atoms with Crippen LogP contribution < -0.4 is 0 Å². The Hall–Kier alpha value is 0. The average molecular weight is 180 g/mol. The van der Waals surface area contributed by atoms with Crippen LogP contribution in [0.3, 0.4) is 0 Å². The van der Waals surface area contributed by atoms with E-state index in [1.54, 1.807) is 0 Å². The third kappa shape index (κ3) is 5.33. The molecule has 0 bridgehead atoms. The molecule has 0 aromatic carbocycles. The van der Waals surface area contributed by atoms with E-state index in [2.05, 4.69) is 13.3 Å². The molecule has 0 nitrogen and oxygen atoms in total. The summed E-state index contributed by atoms with van der Waals surface area (Å²) < 4.78 is 0. The Bertz CT molecular complexity index is 101. The van der Waals surface area contributed by atoms with Crippen LogP contribution in [0.1, 0.15) is 64.2 Å². The molecule has 0 saturated heterocycles. The van der Waals surface area contributed by atoms with E-state index < -0.39 is 0 Å². The fourth-order valence-electron chi connectivity index (χ4n) is 2.23. The zero-order valence-electron chi connectivity index (χ0n) is 8.93. The molecule has 1 rings (SSSR count). The predicted molar refractivity (Wildman–Crippen MR) is 59.3 cm³/mol. The van der Waals surface area contributed by atoms with Crippen molar-refractivity contribution in [2.75, 3.05) is 0 Å². The van der Waals surface area contributed by atoms with Gasteiger partial charge in [0.2, 0.25) is 0 Å². The standard InChI is InChI=1S/C13H24/c1-2-3-4-5-6-7-10-13-11-8-9-12-13/h11,13H,1-10,12H2. The number of hydrogen-bond donors (Lipinski definition) is 0. The summed E-state index contributed by atoms with van der Waals surface area (Å²) >= 11 is 0. The van der Waals surface area contributed by atoms with E-state index in [9.17, 15) is 0 Å². The fourth-order valence-corrected chi connectivity index (χ4v) is 2.23. The molecule has 2 radical (unpaired) electrons. The molecule has 0 aromatic heterocycles. The molecule has 0 heteroatoms. The maximum absolute atomic E-state index is 3.86. The molecule has 1 aliphatic rings. The van der Waals surface area contributed by atoms with Gasteiger partial charge in [0.15, 0.2) is 0 Å². The summed E-state index contributed by atoms with van der Waals surface area (Å²) in [5, 5.41) is 0. The first-order chi connectivity index (χ1) is 6.43. The second-order valence-electron chi connectivity index (χ2n) is 4.34. The molecule has 76 valence electrons. The molecule has 0 spiro atoms. The van der Waals surface area contributed by atoms with Crippen molar-refractivity contribution in [3.63, 3.8) is 0 Å². The van der Waals surface area contributed by atoms with E-state index in [4.69, 9.17) is 0 Å². The molecule has 1 fully saturated rings. The number of rotatable bonds is 7. The largest absolute Gasteiger partial charge is 0.0533 e.